The number of nitrogens with zero attached hydrogens (tertiary/aromatic N) is 3. The second-order valence-corrected chi connectivity index (χ2v) is 5.48. The summed E-state index contributed by atoms with van der Waals surface area (Å²) in [5.74, 6) is 1.18. The van der Waals surface area contributed by atoms with E-state index in [1.54, 1.807) is 0 Å². The van der Waals surface area contributed by atoms with Gasteiger partial charge in [0.05, 0.1) is 4.92 Å². The van der Waals surface area contributed by atoms with Crippen molar-refractivity contribution in [2.24, 2.45) is 5.92 Å². The lowest BCUT2D eigenvalue weighted by molar-refractivity contribution is -0.385. The molecule has 0 atom stereocenters. The summed E-state index contributed by atoms with van der Waals surface area (Å²) in [6, 6.07) is 3.18. The third-order valence-corrected chi connectivity index (χ3v) is 3.21. The van der Waals surface area contributed by atoms with Crippen LogP contribution in [0.2, 0.25) is 0 Å². The van der Waals surface area contributed by atoms with Gasteiger partial charge in [-0.3, -0.25) is 10.1 Å². The number of rotatable bonds is 9. The fraction of sp³-hybridized carbons (Fsp3) is 0.600. The van der Waals surface area contributed by atoms with Gasteiger partial charge in [-0.15, -0.1) is 0 Å². The van der Waals surface area contributed by atoms with E-state index in [0.717, 1.165) is 25.3 Å². The van der Waals surface area contributed by atoms with Crippen LogP contribution in [0, 0.1) is 27.4 Å². The predicted octanol–water partition coefficient (Wildman–Crippen LogP) is 3.88. The largest absolute Gasteiger partial charge is 0.369 e. The number of hydrogen-bond donors (Lipinski definition) is 1. The van der Waals surface area contributed by atoms with Crippen molar-refractivity contribution in [1.29, 1.82) is 5.26 Å². The molecule has 1 heterocycles. The van der Waals surface area contributed by atoms with E-state index in [1.807, 2.05) is 6.07 Å². The van der Waals surface area contributed by atoms with E-state index < -0.39 is 4.92 Å². The highest BCUT2D eigenvalue weighted by Crippen LogP contribution is 2.18. The van der Waals surface area contributed by atoms with Crippen molar-refractivity contribution in [3.63, 3.8) is 0 Å². The average molecular weight is 290 g/mol. The predicted molar refractivity (Wildman–Crippen MR) is 82.0 cm³/mol. The minimum atomic E-state index is -0.549. The van der Waals surface area contributed by atoms with E-state index in [1.165, 1.54) is 31.5 Å². The van der Waals surface area contributed by atoms with Gasteiger partial charge in [-0.05, 0) is 12.3 Å². The quantitative estimate of drug-likeness (QED) is 0.423. The molecule has 0 saturated heterocycles. The Morgan fingerprint density at radius 2 is 2.10 bits per heavy atom. The van der Waals surface area contributed by atoms with Crippen LogP contribution in [0.5, 0.6) is 0 Å². The highest BCUT2D eigenvalue weighted by Gasteiger charge is 2.11. The summed E-state index contributed by atoms with van der Waals surface area (Å²) in [6.07, 6.45) is 7.02. The van der Waals surface area contributed by atoms with Gasteiger partial charge in [0.2, 0.25) is 0 Å². The van der Waals surface area contributed by atoms with E-state index in [0.29, 0.717) is 5.82 Å². The van der Waals surface area contributed by atoms with Crippen molar-refractivity contribution in [3.05, 3.63) is 27.9 Å². The maximum Gasteiger partial charge on any atom is 0.289 e. The average Bonchev–Trinajstić information content (AvgIpc) is 2.45. The standard InChI is InChI=1S/C15H22N4O2/c1-12(2)7-5-3-4-6-8-17-15-13(10-16)9-14(11-18-15)19(20)21/h9,11-12H,3-8H2,1-2H3,(H,17,18). The molecular weight excluding hydrogens is 268 g/mol. The highest BCUT2D eigenvalue weighted by molar-refractivity contribution is 5.55. The topological polar surface area (TPSA) is 91.8 Å². The molecule has 6 heteroatoms. The molecule has 6 nitrogen and oxygen atoms in total. The van der Waals surface area contributed by atoms with Gasteiger partial charge in [0.25, 0.3) is 5.69 Å². The smallest absolute Gasteiger partial charge is 0.289 e. The van der Waals surface area contributed by atoms with Crippen molar-refractivity contribution in [3.8, 4) is 6.07 Å². The third kappa shape index (κ3) is 6.21. The van der Waals surface area contributed by atoms with Gasteiger partial charge in [-0.25, -0.2) is 4.98 Å². The van der Waals surface area contributed by atoms with E-state index in [2.05, 4.69) is 24.1 Å². The summed E-state index contributed by atoms with van der Waals surface area (Å²) >= 11 is 0. The fourth-order valence-electron chi connectivity index (χ4n) is 2.02. The fourth-order valence-corrected chi connectivity index (χ4v) is 2.02. The van der Waals surface area contributed by atoms with E-state index in [4.69, 9.17) is 5.26 Å². The number of hydrogen-bond acceptors (Lipinski definition) is 5. The lowest BCUT2D eigenvalue weighted by atomic mass is 10.0. The summed E-state index contributed by atoms with van der Waals surface area (Å²) in [5, 5.41) is 22.7. The van der Waals surface area contributed by atoms with Crippen LogP contribution < -0.4 is 5.32 Å². The maximum atomic E-state index is 10.6. The SMILES string of the molecule is CC(C)CCCCCCNc1ncc([N+](=O)[O-])cc1C#N. The van der Waals surface area contributed by atoms with E-state index >= 15 is 0 Å². The Balaban J connectivity index is 2.35. The molecule has 0 aliphatic rings. The number of nitriles is 1. The third-order valence-electron chi connectivity index (χ3n) is 3.21. The molecular formula is C15H22N4O2. The molecule has 0 radical (unpaired) electrons. The molecule has 21 heavy (non-hydrogen) atoms. The lowest BCUT2D eigenvalue weighted by Crippen LogP contribution is -2.06. The van der Waals surface area contributed by atoms with Gasteiger partial charge >= 0.3 is 0 Å². The number of pyridine rings is 1. The van der Waals surface area contributed by atoms with E-state index in [-0.39, 0.29) is 11.3 Å². The van der Waals surface area contributed by atoms with Gasteiger partial charge in [0, 0.05) is 12.6 Å². The van der Waals surface area contributed by atoms with Crippen LogP contribution in [-0.2, 0) is 0 Å². The van der Waals surface area contributed by atoms with Crippen molar-refractivity contribution in [2.75, 3.05) is 11.9 Å². The molecule has 0 fully saturated rings. The number of nitrogens with one attached hydrogen (secondary N) is 1. The highest BCUT2D eigenvalue weighted by atomic mass is 16.6. The van der Waals surface area contributed by atoms with Crippen LogP contribution in [0.25, 0.3) is 0 Å². The van der Waals surface area contributed by atoms with Crippen LogP contribution in [0.1, 0.15) is 51.5 Å². The maximum absolute atomic E-state index is 10.6. The first kappa shape index (κ1) is 16.9. The molecule has 0 aliphatic carbocycles. The molecule has 0 unspecified atom stereocenters. The van der Waals surface area contributed by atoms with Crippen molar-refractivity contribution >= 4 is 11.5 Å². The first-order valence-corrected chi connectivity index (χ1v) is 7.33. The number of aromatic nitrogens is 1. The first-order chi connectivity index (χ1) is 10.0. The van der Waals surface area contributed by atoms with Crippen LogP contribution in [-0.4, -0.2) is 16.5 Å². The second kappa shape index (κ2) is 8.90. The van der Waals surface area contributed by atoms with Crippen LogP contribution >= 0.6 is 0 Å². The summed E-state index contributed by atoms with van der Waals surface area (Å²) < 4.78 is 0. The number of unbranched alkanes of at least 4 members (excludes halogenated alkanes) is 3. The van der Waals surface area contributed by atoms with Gasteiger partial charge in [0.15, 0.2) is 0 Å². The van der Waals surface area contributed by atoms with Crippen molar-refractivity contribution in [2.45, 2.75) is 46.0 Å². The Kier molecular flexibility index (Phi) is 7.16. The number of nitro groups is 1. The molecule has 0 amide bonds. The van der Waals surface area contributed by atoms with Gasteiger partial charge in [-0.1, -0.05) is 39.5 Å². The minimum Gasteiger partial charge on any atom is -0.369 e. The Bertz CT molecular complexity index is 509. The lowest BCUT2D eigenvalue weighted by Gasteiger charge is -2.07. The molecule has 0 aromatic carbocycles. The Labute approximate surface area is 125 Å². The first-order valence-electron chi connectivity index (χ1n) is 7.33. The zero-order valence-electron chi connectivity index (χ0n) is 12.6. The van der Waals surface area contributed by atoms with Crippen LogP contribution in [0.4, 0.5) is 11.5 Å². The molecule has 0 saturated carbocycles. The zero-order chi connectivity index (χ0) is 15.7. The van der Waals surface area contributed by atoms with Crippen molar-refractivity contribution in [1.82, 2.24) is 4.98 Å². The van der Waals surface area contributed by atoms with Crippen LogP contribution in [0.3, 0.4) is 0 Å². The van der Waals surface area contributed by atoms with Gasteiger partial charge in [0.1, 0.15) is 23.6 Å². The zero-order valence-corrected chi connectivity index (χ0v) is 12.6. The van der Waals surface area contributed by atoms with E-state index in [9.17, 15) is 10.1 Å². The molecule has 0 bridgehead atoms. The second-order valence-electron chi connectivity index (χ2n) is 5.48. The monoisotopic (exact) mass is 290 g/mol. The molecule has 0 spiro atoms. The summed E-state index contributed by atoms with van der Waals surface area (Å²) in [5.41, 5.74) is 0.0507. The molecule has 1 N–H and O–H groups in total. The van der Waals surface area contributed by atoms with Gasteiger partial charge < -0.3 is 5.32 Å². The Hall–Kier alpha value is -2.16. The molecule has 1 rings (SSSR count). The number of anilines is 1. The van der Waals surface area contributed by atoms with Gasteiger partial charge in [-0.2, -0.15) is 5.26 Å². The Morgan fingerprint density at radius 3 is 2.71 bits per heavy atom. The summed E-state index contributed by atoms with van der Waals surface area (Å²) in [7, 11) is 0. The van der Waals surface area contributed by atoms with Crippen molar-refractivity contribution < 1.29 is 4.92 Å². The Morgan fingerprint density at radius 1 is 1.38 bits per heavy atom. The minimum absolute atomic E-state index is 0.161. The molecule has 1 aromatic heterocycles. The summed E-state index contributed by atoms with van der Waals surface area (Å²) in [4.78, 5) is 14.0. The van der Waals surface area contributed by atoms with Crippen LogP contribution in [0.15, 0.2) is 12.3 Å². The molecule has 0 aliphatic heterocycles. The normalized spacial score (nSPS) is 10.4. The molecule has 1 aromatic rings. The summed E-state index contributed by atoms with van der Waals surface area (Å²) in [6.45, 7) is 5.18. The molecule has 114 valence electrons.